The predicted octanol–water partition coefficient (Wildman–Crippen LogP) is 20.4. The Labute approximate surface area is 549 Å². The van der Waals surface area contributed by atoms with Crippen LogP contribution in [-0.4, -0.2) is 96.7 Å². The number of carbonyl (C=O) groups is 4. The first kappa shape index (κ1) is 88.1. The molecule has 17 nitrogen and oxygen atoms in total. The van der Waals surface area contributed by atoms with Gasteiger partial charge in [-0.15, -0.1) is 0 Å². The molecule has 0 aliphatic carbocycles. The van der Waals surface area contributed by atoms with Crippen LogP contribution in [0.2, 0.25) is 0 Å². The molecule has 0 rings (SSSR count). The first-order chi connectivity index (χ1) is 43.4. The van der Waals surface area contributed by atoms with Gasteiger partial charge in [-0.2, -0.15) is 0 Å². The van der Waals surface area contributed by atoms with Gasteiger partial charge in [0.05, 0.1) is 26.4 Å². The summed E-state index contributed by atoms with van der Waals surface area (Å²) in [6, 6.07) is 0. The molecule has 19 heteroatoms. The highest BCUT2D eigenvalue weighted by Crippen LogP contribution is 2.45. The Morgan fingerprint density at radius 1 is 0.322 bits per heavy atom. The van der Waals surface area contributed by atoms with E-state index in [0.29, 0.717) is 25.7 Å². The molecule has 0 aliphatic rings. The number of aliphatic hydroxyl groups excluding tert-OH is 1. The summed E-state index contributed by atoms with van der Waals surface area (Å²) < 4.78 is 68.2. The molecule has 0 aromatic carbocycles. The number of aliphatic hydroxyl groups is 1. The minimum Gasteiger partial charge on any atom is -0.462 e. The third-order valence-electron chi connectivity index (χ3n) is 16.8. The Hall–Kier alpha value is -1.94. The SMILES string of the molecule is CCCCCCCCCCCCCCCCC(=O)OC[C@H](COP(=O)(O)OC[C@@H](O)COP(=O)(O)OC[C@@H](COC(=O)CCCCCCCCCC)OC(=O)CCCCCCCCC(C)CC)OC(=O)CCCCCCCCCCCCCCCCCC(C)C. The van der Waals surface area contributed by atoms with Gasteiger partial charge in [-0.05, 0) is 37.5 Å². The summed E-state index contributed by atoms with van der Waals surface area (Å²) in [5, 5.41) is 10.6. The van der Waals surface area contributed by atoms with Crippen LogP contribution in [0.5, 0.6) is 0 Å². The molecule has 90 heavy (non-hydrogen) atoms. The number of esters is 4. The van der Waals surface area contributed by atoms with Crippen molar-refractivity contribution in [1.82, 2.24) is 0 Å². The highest BCUT2D eigenvalue weighted by atomic mass is 31.2. The van der Waals surface area contributed by atoms with Crippen LogP contribution < -0.4 is 0 Å². The monoisotopic (exact) mass is 1320 g/mol. The number of rotatable bonds is 70. The summed E-state index contributed by atoms with van der Waals surface area (Å²) in [6.45, 7) is 9.51. The van der Waals surface area contributed by atoms with Crippen molar-refractivity contribution in [3.05, 3.63) is 0 Å². The van der Waals surface area contributed by atoms with Gasteiger partial charge in [0.1, 0.15) is 19.3 Å². The van der Waals surface area contributed by atoms with Crippen molar-refractivity contribution in [3.63, 3.8) is 0 Å². The van der Waals surface area contributed by atoms with Gasteiger partial charge < -0.3 is 33.8 Å². The average Bonchev–Trinajstić information content (AvgIpc) is 3.60. The van der Waals surface area contributed by atoms with Crippen molar-refractivity contribution < 1.29 is 80.2 Å². The van der Waals surface area contributed by atoms with Gasteiger partial charge in [-0.3, -0.25) is 37.3 Å². The highest BCUT2D eigenvalue weighted by Gasteiger charge is 2.30. The van der Waals surface area contributed by atoms with Gasteiger partial charge >= 0.3 is 39.5 Å². The Kier molecular flexibility index (Phi) is 61.8. The van der Waals surface area contributed by atoms with E-state index < -0.39 is 97.5 Å². The number of phosphoric acid groups is 2. The smallest absolute Gasteiger partial charge is 0.462 e. The van der Waals surface area contributed by atoms with E-state index in [4.69, 9.17) is 37.0 Å². The summed E-state index contributed by atoms with van der Waals surface area (Å²) in [6.07, 6.45) is 48.7. The van der Waals surface area contributed by atoms with Crippen molar-refractivity contribution in [1.29, 1.82) is 0 Å². The number of ether oxygens (including phenoxy) is 4. The summed E-state index contributed by atoms with van der Waals surface area (Å²) in [5.41, 5.74) is 0. The maximum absolute atomic E-state index is 13.0. The zero-order valence-corrected chi connectivity index (χ0v) is 60.2. The number of unbranched alkanes of at least 4 members (excludes halogenated alkanes) is 39. The average molecular weight is 1330 g/mol. The second-order valence-corrected chi connectivity index (χ2v) is 29.3. The van der Waals surface area contributed by atoms with E-state index in [9.17, 15) is 43.2 Å². The van der Waals surface area contributed by atoms with E-state index >= 15 is 0 Å². The number of hydrogen-bond acceptors (Lipinski definition) is 15. The van der Waals surface area contributed by atoms with E-state index in [-0.39, 0.29) is 25.7 Å². The normalized spacial score (nSPS) is 14.4. The predicted molar refractivity (Wildman–Crippen MR) is 363 cm³/mol. The van der Waals surface area contributed by atoms with Crippen molar-refractivity contribution >= 4 is 39.5 Å². The Morgan fingerprint density at radius 3 is 0.844 bits per heavy atom. The Morgan fingerprint density at radius 2 is 0.567 bits per heavy atom. The lowest BCUT2D eigenvalue weighted by atomic mass is 10.00. The standard InChI is InChI=1S/C71H138O17P2/c1-7-10-12-14-16-18-19-20-25-28-31-35-42-48-54-69(74)82-59-66(87-70(75)55-49-43-36-32-29-26-23-21-22-24-27-30-33-39-45-51-63(4)5)61-85-89(77,78)83-57-65(72)58-84-90(79,80)86-62-67(60-81-68(73)53-47-41-34-17-15-13-11-8-2)88-71(76)56-50-44-38-37-40-46-52-64(6)9-3/h63-67,72H,7-62H2,1-6H3,(H,77,78)(H,79,80)/t64?,65-,66-,67-/m1/s1. The van der Waals surface area contributed by atoms with Gasteiger partial charge in [0.25, 0.3) is 0 Å². The van der Waals surface area contributed by atoms with Crippen molar-refractivity contribution in [2.75, 3.05) is 39.6 Å². The van der Waals surface area contributed by atoms with Crippen molar-refractivity contribution in [2.24, 2.45) is 11.8 Å². The topological polar surface area (TPSA) is 237 Å². The minimum atomic E-state index is -4.95. The van der Waals surface area contributed by atoms with Crippen LogP contribution >= 0.6 is 15.6 Å². The van der Waals surface area contributed by atoms with Gasteiger partial charge in [0, 0.05) is 25.7 Å². The third-order valence-corrected chi connectivity index (χ3v) is 18.7. The molecule has 6 atom stereocenters. The minimum absolute atomic E-state index is 0.103. The first-order valence-electron chi connectivity index (χ1n) is 37.0. The zero-order chi connectivity index (χ0) is 66.5. The summed E-state index contributed by atoms with van der Waals surface area (Å²) >= 11 is 0. The fourth-order valence-corrected chi connectivity index (χ4v) is 12.3. The van der Waals surface area contributed by atoms with Crippen LogP contribution in [0.1, 0.15) is 363 Å². The van der Waals surface area contributed by atoms with Crippen LogP contribution in [0.3, 0.4) is 0 Å². The number of phosphoric ester groups is 2. The van der Waals surface area contributed by atoms with Gasteiger partial charge in [-0.1, -0.05) is 311 Å². The molecule has 0 saturated heterocycles. The highest BCUT2D eigenvalue weighted by molar-refractivity contribution is 7.47. The second kappa shape index (κ2) is 63.1. The van der Waals surface area contributed by atoms with Crippen LogP contribution in [0, 0.1) is 11.8 Å². The summed E-state index contributed by atoms with van der Waals surface area (Å²) in [4.78, 5) is 72.5. The molecule has 534 valence electrons. The molecule has 0 saturated carbocycles. The third kappa shape index (κ3) is 63.5. The molecular formula is C71H138O17P2. The molecule has 3 unspecified atom stereocenters. The second-order valence-electron chi connectivity index (χ2n) is 26.3. The molecule has 0 aliphatic heterocycles. The van der Waals surface area contributed by atoms with E-state index in [1.54, 1.807) is 0 Å². The molecule has 0 fully saturated rings. The lowest BCUT2D eigenvalue weighted by Crippen LogP contribution is -2.30. The van der Waals surface area contributed by atoms with Gasteiger partial charge in [-0.25, -0.2) is 9.13 Å². The fraction of sp³-hybridized carbons (Fsp3) is 0.944. The van der Waals surface area contributed by atoms with Crippen LogP contribution in [-0.2, 0) is 65.4 Å². The van der Waals surface area contributed by atoms with Crippen LogP contribution in [0.25, 0.3) is 0 Å². The molecular weight excluding hydrogens is 1190 g/mol. The zero-order valence-electron chi connectivity index (χ0n) is 58.4. The van der Waals surface area contributed by atoms with Crippen molar-refractivity contribution in [2.45, 2.75) is 381 Å². The molecule has 0 amide bonds. The summed E-state index contributed by atoms with van der Waals surface area (Å²) in [7, 11) is -9.90. The fourth-order valence-electron chi connectivity index (χ4n) is 10.7. The van der Waals surface area contributed by atoms with E-state index in [1.807, 2.05) is 0 Å². The van der Waals surface area contributed by atoms with E-state index in [0.717, 1.165) is 108 Å². The maximum Gasteiger partial charge on any atom is 0.472 e. The quantitative estimate of drug-likeness (QED) is 0.0222. The Bertz CT molecular complexity index is 1750. The van der Waals surface area contributed by atoms with E-state index in [2.05, 4.69) is 41.5 Å². The first-order valence-corrected chi connectivity index (χ1v) is 40.0. The summed E-state index contributed by atoms with van der Waals surface area (Å²) in [5.74, 6) is -0.604. The molecule has 3 N–H and O–H groups in total. The Balaban J connectivity index is 5.21. The largest absolute Gasteiger partial charge is 0.472 e. The maximum atomic E-state index is 13.0. The van der Waals surface area contributed by atoms with E-state index in [1.165, 1.54) is 173 Å². The lowest BCUT2D eigenvalue weighted by Gasteiger charge is -2.21. The lowest BCUT2D eigenvalue weighted by molar-refractivity contribution is -0.161. The molecule has 0 spiro atoms. The van der Waals surface area contributed by atoms with Gasteiger partial charge in [0.2, 0.25) is 0 Å². The van der Waals surface area contributed by atoms with Crippen molar-refractivity contribution in [3.8, 4) is 0 Å². The molecule has 0 bridgehead atoms. The number of hydrogen-bond donors (Lipinski definition) is 3. The molecule has 0 aromatic rings. The van der Waals surface area contributed by atoms with Crippen LogP contribution in [0.4, 0.5) is 0 Å². The molecule has 0 radical (unpaired) electrons. The number of carbonyl (C=O) groups excluding carboxylic acids is 4. The molecule has 0 heterocycles. The van der Waals surface area contributed by atoms with Gasteiger partial charge in [0.15, 0.2) is 12.2 Å². The van der Waals surface area contributed by atoms with Crippen LogP contribution in [0.15, 0.2) is 0 Å². The molecule has 0 aromatic heterocycles.